The summed E-state index contributed by atoms with van der Waals surface area (Å²) in [6, 6.07) is 29.2. The largest absolute Gasteiger partial charge is 0.467 e. The number of esters is 1. The minimum Gasteiger partial charge on any atom is -0.467 e. The smallest absolute Gasteiger partial charge is 0.411 e. The molecule has 0 saturated heterocycles. The number of nitrogens with one attached hydrogen (secondary N) is 1. The molecule has 2 amide bonds. The topological polar surface area (TPSA) is 84.9 Å². The van der Waals surface area contributed by atoms with Gasteiger partial charge in [0.15, 0.2) is 0 Å². The number of ether oxygens (including phenoxy) is 2. The zero-order chi connectivity index (χ0) is 27.2. The zero-order valence-corrected chi connectivity index (χ0v) is 21.7. The Labute approximate surface area is 227 Å². The summed E-state index contributed by atoms with van der Waals surface area (Å²) in [5, 5.41) is 4.99. The van der Waals surface area contributed by atoms with Crippen LogP contribution in [0.4, 0.5) is 4.79 Å². The van der Waals surface area contributed by atoms with E-state index in [0.29, 0.717) is 6.42 Å². The number of hydrogen-bond acceptors (Lipinski definition) is 5. The van der Waals surface area contributed by atoms with Gasteiger partial charge in [-0.15, -0.1) is 0 Å². The Bertz CT molecular complexity index is 1490. The molecule has 4 aromatic carbocycles. The second kappa shape index (κ2) is 11.8. The number of methoxy groups -OCH3 is 1. The van der Waals surface area contributed by atoms with Crippen LogP contribution in [-0.2, 0) is 45.1 Å². The van der Waals surface area contributed by atoms with E-state index in [1.54, 1.807) is 0 Å². The highest BCUT2D eigenvalue weighted by Gasteiger charge is 2.37. The van der Waals surface area contributed by atoms with Gasteiger partial charge in [0.05, 0.1) is 13.7 Å². The lowest BCUT2D eigenvalue weighted by Gasteiger charge is -2.35. The van der Waals surface area contributed by atoms with Gasteiger partial charge < -0.3 is 14.8 Å². The lowest BCUT2D eigenvalue weighted by Crippen LogP contribution is -2.56. The maximum absolute atomic E-state index is 13.7. The molecule has 0 bridgehead atoms. The van der Waals surface area contributed by atoms with E-state index >= 15 is 0 Å². The van der Waals surface area contributed by atoms with Crippen LogP contribution in [-0.4, -0.2) is 42.1 Å². The van der Waals surface area contributed by atoms with Gasteiger partial charge in [-0.2, -0.15) is 0 Å². The third-order valence-electron chi connectivity index (χ3n) is 7.05. The van der Waals surface area contributed by atoms with E-state index < -0.39 is 30.1 Å². The molecule has 1 heterocycles. The molecule has 39 heavy (non-hydrogen) atoms. The van der Waals surface area contributed by atoms with Gasteiger partial charge in [-0.1, -0.05) is 97.1 Å². The van der Waals surface area contributed by atoms with Crippen LogP contribution < -0.4 is 5.32 Å². The predicted molar refractivity (Wildman–Crippen MR) is 148 cm³/mol. The van der Waals surface area contributed by atoms with Gasteiger partial charge in [-0.3, -0.25) is 9.69 Å². The SMILES string of the molecule is COC(=O)[C@@H](Cc1ccc2ccccc2c1)NC(=O)[C@@H]1Cc2ccccc2CN1C(=O)OCc1ccccc1. The molecular weight excluding hydrogens is 492 g/mol. The average Bonchev–Trinajstić information content (AvgIpc) is 2.98. The molecule has 0 saturated carbocycles. The highest BCUT2D eigenvalue weighted by molar-refractivity contribution is 5.90. The van der Waals surface area contributed by atoms with Crippen molar-refractivity contribution in [3.05, 3.63) is 119 Å². The number of fused-ring (bicyclic) bond motifs is 2. The average molecular weight is 523 g/mol. The molecule has 2 atom stereocenters. The number of rotatable bonds is 7. The first-order valence-corrected chi connectivity index (χ1v) is 12.9. The molecule has 5 rings (SSSR count). The van der Waals surface area contributed by atoms with Crippen molar-refractivity contribution < 1.29 is 23.9 Å². The van der Waals surface area contributed by atoms with Crippen LogP contribution in [0.15, 0.2) is 97.1 Å². The van der Waals surface area contributed by atoms with Crippen LogP contribution in [0.5, 0.6) is 0 Å². The van der Waals surface area contributed by atoms with E-state index in [4.69, 9.17) is 9.47 Å². The van der Waals surface area contributed by atoms with Crippen LogP contribution in [0.2, 0.25) is 0 Å². The van der Waals surface area contributed by atoms with Gasteiger partial charge in [-0.05, 0) is 33.0 Å². The summed E-state index contributed by atoms with van der Waals surface area (Å²) in [6.07, 6.45) is -0.0187. The quantitative estimate of drug-likeness (QED) is 0.353. The van der Waals surface area contributed by atoms with E-state index in [-0.39, 0.29) is 19.6 Å². The molecule has 4 aromatic rings. The molecule has 0 fully saturated rings. The molecule has 0 aliphatic carbocycles. The van der Waals surface area contributed by atoms with Crippen LogP contribution in [0.25, 0.3) is 10.8 Å². The van der Waals surface area contributed by atoms with Crippen molar-refractivity contribution in [3.63, 3.8) is 0 Å². The molecule has 1 N–H and O–H groups in total. The third-order valence-corrected chi connectivity index (χ3v) is 7.05. The van der Waals surface area contributed by atoms with Crippen molar-refractivity contribution in [3.8, 4) is 0 Å². The highest BCUT2D eigenvalue weighted by Crippen LogP contribution is 2.25. The zero-order valence-electron chi connectivity index (χ0n) is 21.7. The Morgan fingerprint density at radius 2 is 1.54 bits per heavy atom. The minimum atomic E-state index is -0.914. The van der Waals surface area contributed by atoms with Crippen molar-refractivity contribution in [1.82, 2.24) is 10.2 Å². The summed E-state index contributed by atoms with van der Waals surface area (Å²) in [5.41, 5.74) is 3.68. The molecule has 0 aromatic heterocycles. The molecular formula is C32H30N2O5. The number of amides is 2. The standard InChI is InChI=1S/C32H30N2O5/c1-38-31(36)28(18-23-15-16-24-11-5-6-12-25(24)17-23)33-30(35)29-19-26-13-7-8-14-27(26)20-34(29)32(37)39-21-22-9-3-2-4-10-22/h2-17,28-29H,18-21H2,1H3,(H,33,35)/t28-,29+/m1/s1. The number of nitrogens with zero attached hydrogens (tertiary/aromatic N) is 1. The lowest BCUT2D eigenvalue weighted by molar-refractivity contribution is -0.145. The number of carbonyl (C=O) groups excluding carboxylic acids is 3. The van der Waals surface area contributed by atoms with Crippen LogP contribution >= 0.6 is 0 Å². The van der Waals surface area contributed by atoms with Crippen molar-refractivity contribution >= 4 is 28.7 Å². The van der Waals surface area contributed by atoms with Crippen molar-refractivity contribution in [1.29, 1.82) is 0 Å². The van der Waals surface area contributed by atoms with Crippen LogP contribution in [0.3, 0.4) is 0 Å². The number of benzene rings is 4. The van der Waals surface area contributed by atoms with Crippen molar-refractivity contribution in [2.45, 2.75) is 38.1 Å². The lowest BCUT2D eigenvalue weighted by atomic mass is 9.93. The highest BCUT2D eigenvalue weighted by atomic mass is 16.6. The summed E-state index contributed by atoms with van der Waals surface area (Å²) in [6.45, 7) is 0.328. The van der Waals surface area contributed by atoms with Gasteiger partial charge in [0.1, 0.15) is 18.7 Å². The Morgan fingerprint density at radius 3 is 2.31 bits per heavy atom. The van der Waals surface area contributed by atoms with Crippen LogP contribution in [0.1, 0.15) is 22.3 Å². The molecule has 0 spiro atoms. The molecule has 198 valence electrons. The summed E-state index contributed by atoms with van der Waals surface area (Å²) < 4.78 is 10.6. The first kappa shape index (κ1) is 26.0. The summed E-state index contributed by atoms with van der Waals surface area (Å²) in [4.78, 5) is 41.0. The molecule has 7 nitrogen and oxygen atoms in total. The molecule has 1 aliphatic rings. The maximum atomic E-state index is 13.7. The first-order valence-electron chi connectivity index (χ1n) is 12.9. The van der Waals surface area contributed by atoms with Crippen molar-refractivity contribution in [2.75, 3.05) is 7.11 Å². The Balaban J connectivity index is 1.35. The second-order valence-electron chi connectivity index (χ2n) is 9.63. The van der Waals surface area contributed by atoms with Gasteiger partial charge in [0.25, 0.3) is 0 Å². The van der Waals surface area contributed by atoms with E-state index in [9.17, 15) is 14.4 Å². The third kappa shape index (κ3) is 6.09. The normalized spacial score (nSPS) is 15.2. The fourth-order valence-corrected chi connectivity index (χ4v) is 4.96. The summed E-state index contributed by atoms with van der Waals surface area (Å²) in [7, 11) is 1.30. The number of hydrogen-bond donors (Lipinski definition) is 1. The van der Waals surface area contributed by atoms with Gasteiger partial charge in [0.2, 0.25) is 5.91 Å². The van der Waals surface area contributed by atoms with E-state index in [0.717, 1.165) is 33.0 Å². The Kier molecular flexibility index (Phi) is 7.87. The number of carbonyl (C=O) groups is 3. The van der Waals surface area contributed by atoms with E-state index in [2.05, 4.69) is 5.32 Å². The Hall–Kier alpha value is -4.65. The van der Waals surface area contributed by atoms with Gasteiger partial charge >= 0.3 is 12.1 Å². The predicted octanol–water partition coefficient (Wildman–Crippen LogP) is 4.80. The molecule has 0 unspecified atom stereocenters. The molecule has 7 heteroatoms. The monoisotopic (exact) mass is 522 g/mol. The maximum Gasteiger partial charge on any atom is 0.411 e. The summed E-state index contributed by atoms with van der Waals surface area (Å²) >= 11 is 0. The molecule has 1 aliphatic heterocycles. The molecule has 0 radical (unpaired) electrons. The fraction of sp³-hybridized carbons (Fsp3) is 0.219. The minimum absolute atomic E-state index is 0.0961. The van der Waals surface area contributed by atoms with Crippen LogP contribution in [0, 0.1) is 0 Å². The van der Waals surface area contributed by atoms with E-state index in [1.165, 1.54) is 12.0 Å². The fourth-order valence-electron chi connectivity index (χ4n) is 4.96. The van der Waals surface area contributed by atoms with Crippen molar-refractivity contribution in [2.24, 2.45) is 0 Å². The second-order valence-corrected chi connectivity index (χ2v) is 9.63. The van der Waals surface area contributed by atoms with Gasteiger partial charge in [0, 0.05) is 12.8 Å². The Morgan fingerprint density at radius 1 is 0.846 bits per heavy atom. The summed E-state index contributed by atoms with van der Waals surface area (Å²) in [5.74, 6) is -0.983. The first-order chi connectivity index (χ1) is 19.0. The van der Waals surface area contributed by atoms with E-state index in [1.807, 2.05) is 97.1 Å². The van der Waals surface area contributed by atoms with Gasteiger partial charge in [-0.25, -0.2) is 9.59 Å².